The van der Waals surface area contributed by atoms with Crippen LogP contribution in [0.2, 0.25) is 0 Å². The van der Waals surface area contributed by atoms with Crippen molar-refractivity contribution in [3.63, 3.8) is 0 Å². The number of benzene rings is 1. The minimum atomic E-state index is -3.95. The lowest BCUT2D eigenvalue weighted by Gasteiger charge is -2.17. The first-order chi connectivity index (χ1) is 10.5. The topological polar surface area (TPSA) is 0 Å². The van der Waals surface area contributed by atoms with Gasteiger partial charge in [-0.25, -0.2) is 4.39 Å². The predicted molar refractivity (Wildman–Crippen MR) is 94.1 cm³/mol. The number of hydrogen-bond donors (Lipinski definition) is 0. The van der Waals surface area contributed by atoms with Crippen LogP contribution in [0.1, 0.15) is 76.0 Å². The Morgan fingerprint density at radius 3 is 2.04 bits per heavy atom. The van der Waals surface area contributed by atoms with Crippen molar-refractivity contribution < 1.29 is 17.6 Å². The van der Waals surface area contributed by atoms with Crippen LogP contribution in [0.25, 0.3) is 0 Å². The zero-order valence-corrected chi connectivity index (χ0v) is 15.9. The maximum Gasteiger partial charge on any atom is 0.389 e. The summed E-state index contributed by atoms with van der Waals surface area (Å²) in [7, 11) is 2.72. The van der Waals surface area contributed by atoms with Crippen LogP contribution in [0.3, 0.4) is 0 Å². The third kappa shape index (κ3) is 8.15. The molecule has 0 saturated carbocycles. The van der Waals surface area contributed by atoms with Crippen molar-refractivity contribution in [2.24, 2.45) is 0 Å². The summed E-state index contributed by atoms with van der Waals surface area (Å²) >= 11 is 0. The molecule has 5 heteroatoms. The molecule has 0 heterocycles. The number of halogens is 4. The summed E-state index contributed by atoms with van der Waals surface area (Å²) in [5.74, 6) is 0.182. The molecule has 0 nitrogen and oxygen atoms in total. The summed E-state index contributed by atoms with van der Waals surface area (Å²) in [6.07, 6.45) is -1.58. The van der Waals surface area contributed by atoms with Crippen molar-refractivity contribution in [1.82, 2.24) is 0 Å². The maximum atomic E-state index is 13.8. The fourth-order valence-corrected chi connectivity index (χ4v) is 3.25. The molecule has 0 aliphatic rings. The van der Waals surface area contributed by atoms with E-state index in [1.807, 2.05) is 20.8 Å². The van der Waals surface area contributed by atoms with Gasteiger partial charge in [-0.1, -0.05) is 40.5 Å². The highest BCUT2D eigenvalue weighted by Crippen LogP contribution is 2.23. The average molecular weight is 352 g/mol. The van der Waals surface area contributed by atoms with E-state index in [2.05, 4.69) is 16.2 Å². The zero-order valence-electron chi connectivity index (χ0n) is 14.8. The van der Waals surface area contributed by atoms with Gasteiger partial charge in [0.2, 0.25) is 0 Å². The molecular formula is C18H29F4P. The molecule has 1 unspecified atom stereocenters. The van der Waals surface area contributed by atoms with Crippen LogP contribution >= 0.6 is 9.24 Å². The molecule has 0 aromatic heterocycles. The number of unbranched alkanes of at least 4 members (excludes halogenated alkanes) is 1. The minimum absolute atomic E-state index is 0.0626. The van der Waals surface area contributed by atoms with Gasteiger partial charge in [0.15, 0.2) is 0 Å². The Kier molecular flexibility index (Phi) is 10.00. The van der Waals surface area contributed by atoms with E-state index in [1.165, 1.54) is 5.56 Å². The summed E-state index contributed by atoms with van der Waals surface area (Å²) in [6.45, 7) is 9.97. The molecule has 0 amide bonds. The van der Waals surface area contributed by atoms with E-state index >= 15 is 0 Å². The van der Waals surface area contributed by atoms with Crippen molar-refractivity contribution in [3.05, 3.63) is 28.6 Å². The van der Waals surface area contributed by atoms with Crippen molar-refractivity contribution >= 4 is 14.5 Å². The van der Waals surface area contributed by atoms with E-state index in [9.17, 15) is 17.6 Å². The molecule has 0 aliphatic heterocycles. The second kappa shape index (κ2) is 10.3. The van der Waals surface area contributed by atoms with Crippen molar-refractivity contribution in [2.45, 2.75) is 78.8 Å². The third-order valence-electron chi connectivity index (χ3n) is 3.58. The van der Waals surface area contributed by atoms with E-state index in [0.717, 1.165) is 29.3 Å². The fourth-order valence-electron chi connectivity index (χ4n) is 2.40. The SMILES string of the molecule is CCCCC(F)(F)F.CCCc1c(C)cc(F)c(C(C)C)c1P. The smallest absolute Gasteiger partial charge is 0.207 e. The summed E-state index contributed by atoms with van der Waals surface area (Å²) < 4.78 is 47.5. The third-order valence-corrected chi connectivity index (χ3v) is 4.24. The normalized spacial score (nSPS) is 11.4. The van der Waals surface area contributed by atoms with Gasteiger partial charge < -0.3 is 0 Å². The van der Waals surface area contributed by atoms with Crippen molar-refractivity contribution in [1.29, 1.82) is 0 Å². The van der Waals surface area contributed by atoms with E-state index in [1.54, 1.807) is 13.0 Å². The van der Waals surface area contributed by atoms with Gasteiger partial charge in [0.25, 0.3) is 0 Å². The van der Waals surface area contributed by atoms with Crippen LogP contribution in [0.15, 0.2) is 6.07 Å². The molecule has 0 fully saturated rings. The first kappa shape index (κ1) is 22.4. The molecule has 1 aromatic rings. The Labute approximate surface area is 140 Å². The average Bonchev–Trinajstić information content (AvgIpc) is 2.40. The van der Waals surface area contributed by atoms with Gasteiger partial charge in [0.05, 0.1) is 0 Å². The van der Waals surface area contributed by atoms with Gasteiger partial charge in [-0.05, 0) is 53.7 Å². The molecular weight excluding hydrogens is 323 g/mol. The molecule has 0 spiro atoms. The van der Waals surface area contributed by atoms with E-state index in [-0.39, 0.29) is 18.2 Å². The van der Waals surface area contributed by atoms with E-state index in [4.69, 9.17) is 0 Å². The molecule has 0 aliphatic carbocycles. The summed E-state index contributed by atoms with van der Waals surface area (Å²) in [5.41, 5.74) is 3.23. The van der Waals surface area contributed by atoms with Crippen LogP contribution in [-0.4, -0.2) is 6.18 Å². The van der Waals surface area contributed by atoms with Crippen LogP contribution in [0.5, 0.6) is 0 Å². The molecule has 1 aromatic carbocycles. The molecule has 1 rings (SSSR count). The lowest BCUT2D eigenvalue weighted by molar-refractivity contribution is -0.135. The molecule has 0 saturated heterocycles. The number of rotatable bonds is 5. The Morgan fingerprint density at radius 1 is 1.13 bits per heavy atom. The predicted octanol–water partition coefficient (Wildman–Crippen LogP) is 6.45. The molecule has 0 bridgehead atoms. The lowest BCUT2D eigenvalue weighted by Crippen LogP contribution is -2.14. The maximum absolute atomic E-state index is 13.8. The minimum Gasteiger partial charge on any atom is -0.207 e. The molecule has 0 radical (unpaired) electrons. The van der Waals surface area contributed by atoms with Gasteiger partial charge in [0.1, 0.15) is 5.82 Å². The highest BCUT2D eigenvalue weighted by Gasteiger charge is 2.25. The van der Waals surface area contributed by atoms with Crippen LogP contribution in [0.4, 0.5) is 17.6 Å². The zero-order chi connectivity index (χ0) is 18.2. The quantitative estimate of drug-likeness (QED) is 0.422. The second-order valence-corrected chi connectivity index (χ2v) is 6.68. The monoisotopic (exact) mass is 352 g/mol. The van der Waals surface area contributed by atoms with Crippen molar-refractivity contribution in [2.75, 3.05) is 0 Å². The second-order valence-electron chi connectivity index (χ2n) is 6.10. The van der Waals surface area contributed by atoms with Crippen LogP contribution in [0, 0.1) is 12.7 Å². The summed E-state index contributed by atoms with van der Waals surface area (Å²) in [5, 5.41) is 1.07. The highest BCUT2D eigenvalue weighted by atomic mass is 31.0. The van der Waals surface area contributed by atoms with E-state index < -0.39 is 12.6 Å². The van der Waals surface area contributed by atoms with Gasteiger partial charge in [-0.3, -0.25) is 0 Å². The van der Waals surface area contributed by atoms with Gasteiger partial charge >= 0.3 is 6.18 Å². The first-order valence-corrected chi connectivity index (χ1v) is 8.76. The molecule has 1 atom stereocenters. The standard InChI is InChI=1S/C13H20FP.C5H9F3/c1-5-6-10-9(4)7-11(14)12(8(2)3)13(10)15;1-2-3-4-5(6,7)8/h7-8H,5-6,15H2,1-4H3;2-4H2,1H3. The van der Waals surface area contributed by atoms with Gasteiger partial charge in [-0.15, -0.1) is 9.24 Å². The van der Waals surface area contributed by atoms with Crippen LogP contribution < -0.4 is 5.30 Å². The molecule has 23 heavy (non-hydrogen) atoms. The highest BCUT2D eigenvalue weighted by molar-refractivity contribution is 7.27. The summed E-state index contributed by atoms with van der Waals surface area (Å²) in [4.78, 5) is 0. The first-order valence-electron chi connectivity index (χ1n) is 8.19. The molecule has 0 N–H and O–H groups in total. The van der Waals surface area contributed by atoms with Gasteiger partial charge in [-0.2, -0.15) is 13.2 Å². The lowest BCUT2D eigenvalue weighted by atomic mass is 9.94. The fraction of sp³-hybridized carbons (Fsp3) is 0.667. The van der Waals surface area contributed by atoms with Gasteiger partial charge in [0, 0.05) is 6.42 Å². The number of aryl methyl sites for hydroxylation is 1. The van der Waals surface area contributed by atoms with Crippen LogP contribution in [-0.2, 0) is 6.42 Å². The molecule has 134 valence electrons. The van der Waals surface area contributed by atoms with E-state index in [0.29, 0.717) is 6.42 Å². The Morgan fingerprint density at radius 2 is 1.70 bits per heavy atom. The Bertz CT molecular complexity index is 479. The van der Waals surface area contributed by atoms with Crippen molar-refractivity contribution in [3.8, 4) is 0 Å². The number of hydrogen-bond acceptors (Lipinski definition) is 0. The summed E-state index contributed by atoms with van der Waals surface area (Å²) in [6, 6.07) is 1.67. The Hall–Kier alpha value is -0.630. The number of alkyl halides is 3. The largest absolute Gasteiger partial charge is 0.389 e. The Balaban J connectivity index is 0.000000515.